The van der Waals surface area contributed by atoms with Crippen LogP contribution in [0.5, 0.6) is 28.7 Å². The number of aromatic hydroxyl groups is 2. The van der Waals surface area contributed by atoms with E-state index >= 15 is 0 Å². The molecular weight excluding hydrogens is 348 g/mol. The second kappa shape index (κ2) is 10.2. The zero-order valence-corrected chi connectivity index (χ0v) is 15.7. The van der Waals surface area contributed by atoms with E-state index in [0.717, 1.165) is 17.5 Å². The Bertz CT molecular complexity index is 774. The summed E-state index contributed by atoms with van der Waals surface area (Å²) in [6.45, 7) is 0.822. The first-order valence-corrected chi connectivity index (χ1v) is 8.46. The number of hydrogen-bond donors (Lipinski definition) is 2. The summed E-state index contributed by atoms with van der Waals surface area (Å²) in [5, 5.41) is 18.9. The van der Waals surface area contributed by atoms with Crippen LogP contribution in [0.2, 0.25) is 0 Å². The third-order valence-corrected chi connectivity index (χ3v) is 3.79. The highest BCUT2D eigenvalue weighted by Gasteiger charge is 2.12. The van der Waals surface area contributed by atoms with Crippen LogP contribution < -0.4 is 14.2 Å². The number of benzene rings is 2. The van der Waals surface area contributed by atoms with Gasteiger partial charge in [0, 0.05) is 18.2 Å². The summed E-state index contributed by atoms with van der Waals surface area (Å²) >= 11 is 0. The van der Waals surface area contributed by atoms with Crippen LogP contribution in [0.1, 0.15) is 17.5 Å². The molecule has 0 aromatic heterocycles. The molecule has 0 fully saturated rings. The van der Waals surface area contributed by atoms with Gasteiger partial charge in [0.2, 0.25) is 5.75 Å². The fraction of sp³-hybridized carbons (Fsp3) is 0.333. The average molecular weight is 372 g/mol. The van der Waals surface area contributed by atoms with Crippen LogP contribution in [0.25, 0.3) is 0 Å². The standard InChI is InChI=1S/C21H24O6/c1-24-19-12-16(13-20(25-2)21(19)26-3)7-5-9-27-8-4-6-15-10-17(22)14-18(23)11-15/h10-14,22-23H,4,6,8-9H2,1-3H3. The molecule has 6 nitrogen and oxygen atoms in total. The van der Waals surface area contributed by atoms with Crippen molar-refractivity contribution in [3.63, 3.8) is 0 Å². The van der Waals surface area contributed by atoms with Crippen LogP contribution in [0, 0.1) is 11.8 Å². The van der Waals surface area contributed by atoms with Crippen LogP contribution in [0.4, 0.5) is 0 Å². The Kier molecular flexibility index (Phi) is 7.65. The summed E-state index contributed by atoms with van der Waals surface area (Å²) in [7, 11) is 4.67. The van der Waals surface area contributed by atoms with E-state index in [1.54, 1.807) is 45.6 Å². The van der Waals surface area contributed by atoms with Gasteiger partial charge in [-0.15, -0.1) is 0 Å². The lowest BCUT2D eigenvalue weighted by molar-refractivity contribution is 0.164. The Labute approximate surface area is 159 Å². The van der Waals surface area contributed by atoms with E-state index in [2.05, 4.69) is 11.8 Å². The number of phenols is 2. The van der Waals surface area contributed by atoms with Gasteiger partial charge in [0.1, 0.15) is 18.1 Å². The van der Waals surface area contributed by atoms with Crippen molar-refractivity contribution in [2.45, 2.75) is 12.8 Å². The molecule has 0 saturated carbocycles. The molecule has 2 N–H and O–H groups in total. The number of rotatable bonds is 8. The van der Waals surface area contributed by atoms with Gasteiger partial charge in [0.25, 0.3) is 0 Å². The molecule has 27 heavy (non-hydrogen) atoms. The molecule has 0 aliphatic carbocycles. The SMILES string of the molecule is COc1cc(C#CCOCCCc2cc(O)cc(O)c2)cc(OC)c1OC. The molecule has 0 heterocycles. The van der Waals surface area contributed by atoms with Gasteiger partial charge in [-0.25, -0.2) is 0 Å². The van der Waals surface area contributed by atoms with Crippen molar-refractivity contribution in [2.75, 3.05) is 34.5 Å². The smallest absolute Gasteiger partial charge is 0.203 e. The monoisotopic (exact) mass is 372 g/mol. The number of aryl methyl sites for hydroxylation is 1. The predicted molar refractivity (Wildman–Crippen MR) is 102 cm³/mol. The third kappa shape index (κ3) is 6.01. The Hall–Kier alpha value is -3.04. The van der Waals surface area contributed by atoms with Gasteiger partial charge < -0.3 is 29.2 Å². The molecule has 0 saturated heterocycles. The quantitative estimate of drug-likeness (QED) is 0.548. The topological polar surface area (TPSA) is 77.4 Å². The molecule has 0 amide bonds. The van der Waals surface area contributed by atoms with Gasteiger partial charge in [-0.05, 0) is 42.7 Å². The van der Waals surface area contributed by atoms with Crippen molar-refractivity contribution in [3.8, 4) is 40.6 Å². The fourth-order valence-electron chi connectivity index (χ4n) is 2.59. The van der Waals surface area contributed by atoms with Crippen molar-refractivity contribution >= 4 is 0 Å². The normalized spacial score (nSPS) is 10.0. The van der Waals surface area contributed by atoms with E-state index in [1.165, 1.54) is 6.07 Å². The fourth-order valence-corrected chi connectivity index (χ4v) is 2.59. The lowest BCUT2D eigenvalue weighted by atomic mass is 10.1. The van der Waals surface area contributed by atoms with Crippen molar-refractivity contribution < 1.29 is 29.2 Å². The van der Waals surface area contributed by atoms with Crippen LogP contribution in [-0.4, -0.2) is 44.8 Å². The highest BCUT2D eigenvalue weighted by molar-refractivity contribution is 5.57. The first-order chi connectivity index (χ1) is 13.1. The minimum atomic E-state index is 0.0575. The molecule has 0 aliphatic heterocycles. The molecule has 0 bridgehead atoms. The summed E-state index contributed by atoms with van der Waals surface area (Å²) in [5.74, 6) is 7.71. The molecule has 0 radical (unpaired) electrons. The molecule has 0 unspecified atom stereocenters. The number of methoxy groups -OCH3 is 3. The second-order valence-corrected chi connectivity index (χ2v) is 5.73. The Balaban J connectivity index is 1.83. The summed E-state index contributed by atoms with van der Waals surface area (Å²) in [4.78, 5) is 0. The summed E-state index contributed by atoms with van der Waals surface area (Å²) < 4.78 is 21.4. The van der Waals surface area contributed by atoms with Crippen molar-refractivity contribution in [2.24, 2.45) is 0 Å². The molecule has 6 heteroatoms. The zero-order valence-electron chi connectivity index (χ0n) is 15.7. The lowest BCUT2D eigenvalue weighted by Crippen LogP contribution is -1.97. The molecule has 0 atom stereocenters. The number of phenolic OH excluding ortho intramolecular Hbond substituents is 2. The van der Waals surface area contributed by atoms with Crippen LogP contribution in [0.3, 0.4) is 0 Å². The maximum atomic E-state index is 9.45. The van der Waals surface area contributed by atoms with Crippen molar-refractivity contribution in [1.29, 1.82) is 0 Å². The van der Waals surface area contributed by atoms with Crippen LogP contribution in [-0.2, 0) is 11.2 Å². The lowest BCUT2D eigenvalue weighted by Gasteiger charge is -2.12. The van der Waals surface area contributed by atoms with Gasteiger partial charge >= 0.3 is 0 Å². The van der Waals surface area contributed by atoms with E-state index in [-0.39, 0.29) is 11.5 Å². The molecule has 2 aromatic carbocycles. The maximum Gasteiger partial charge on any atom is 0.203 e. The Morgan fingerprint density at radius 1 is 0.852 bits per heavy atom. The van der Waals surface area contributed by atoms with E-state index < -0.39 is 0 Å². The van der Waals surface area contributed by atoms with Gasteiger partial charge in [0.15, 0.2) is 11.5 Å². The minimum absolute atomic E-state index is 0.0575. The Morgan fingerprint density at radius 2 is 1.48 bits per heavy atom. The molecule has 144 valence electrons. The number of ether oxygens (including phenoxy) is 4. The van der Waals surface area contributed by atoms with Gasteiger partial charge in [-0.3, -0.25) is 0 Å². The van der Waals surface area contributed by atoms with E-state index in [1.807, 2.05) is 0 Å². The third-order valence-electron chi connectivity index (χ3n) is 3.79. The first kappa shape index (κ1) is 20.3. The Morgan fingerprint density at radius 3 is 2.04 bits per heavy atom. The summed E-state index contributed by atoms with van der Waals surface area (Å²) in [6, 6.07) is 8.12. The van der Waals surface area contributed by atoms with Crippen molar-refractivity contribution in [1.82, 2.24) is 0 Å². The van der Waals surface area contributed by atoms with E-state index in [9.17, 15) is 10.2 Å². The highest BCUT2D eigenvalue weighted by Crippen LogP contribution is 2.37. The minimum Gasteiger partial charge on any atom is -0.508 e. The molecular formula is C21H24O6. The summed E-state index contributed by atoms with van der Waals surface area (Å²) in [6.07, 6.45) is 1.46. The largest absolute Gasteiger partial charge is 0.508 e. The first-order valence-electron chi connectivity index (χ1n) is 8.46. The number of hydrogen-bond acceptors (Lipinski definition) is 6. The van der Waals surface area contributed by atoms with Crippen LogP contribution >= 0.6 is 0 Å². The van der Waals surface area contributed by atoms with Gasteiger partial charge in [-0.1, -0.05) is 11.8 Å². The van der Waals surface area contributed by atoms with E-state index in [0.29, 0.717) is 36.9 Å². The second-order valence-electron chi connectivity index (χ2n) is 5.73. The molecule has 2 aromatic rings. The van der Waals surface area contributed by atoms with Crippen LogP contribution in [0.15, 0.2) is 30.3 Å². The van der Waals surface area contributed by atoms with Crippen molar-refractivity contribution in [3.05, 3.63) is 41.5 Å². The molecule has 2 rings (SSSR count). The van der Waals surface area contributed by atoms with Gasteiger partial charge in [0.05, 0.1) is 21.3 Å². The molecule has 0 aliphatic rings. The summed E-state index contributed by atoms with van der Waals surface area (Å²) in [5.41, 5.74) is 1.60. The predicted octanol–water partition coefficient (Wildman–Crippen LogP) is 3.12. The maximum absolute atomic E-state index is 9.45. The van der Waals surface area contributed by atoms with Gasteiger partial charge in [-0.2, -0.15) is 0 Å². The average Bonchev–Trinajstić information content (AvgIpc) is 2.65. The molecule has 0 spiro atoms. The van der Waals surface area contributed by atoms with E-state index in [4.69, 9.17) is 18.9 Å². The highest BCUT2D eigenvalue weighted by atomic mass is 16.5. The zero-order chi connectivity index (χ0) is 19.6.